The number of rotatable bonds is 7. The molecular formula is C15H26N4OS. The Labute approximate surface area is 130 Å². The third-order valence-corrected chi connectivity index (χ3v) is 4.47. The van der Waals surface area contributed by atoms with E-state index in [2.05, 4.69) is 43.5 Å². The van der Waals surface area contributed by atoms with Gasteiger partial charge >= 0.3 is 0 Å². The van der Waals surface area contributed by atoms with E-state index in [0.717, 1.165) is 30.9 Å². The lowest BCUT2D eigenvalue weighted by Crippen LogP contribution is -2.34. The molecule has 21 heavy (non-hydrogen) atoms. The fraction of sp³-hybridized carbons (Fsp3) is 0.667. The standard InChI is InChI=1S/C15H26N4OS/c1-15(2,9-19(3)4)8-17-12-7-11(16)13(21-12)14(20)18-10-5-6-10/h7,10,17H,5-6,8-9,16H2,1-4H3,(H,18,20). The molecule has 0 bridgehead atoms. The summed E-state index contributed by atoms with van der Waals surface area (Å²) in [6.07, 6.45) is 2.17. The minimum Gasteiger partial charge on any atom is -0.397 e. The highest BCUT2D eigenvalue weighted by Gasteiger charge is 2.26. The summed E-state index contributed by atoms with van der Waals surface area (Å²) >= 11 is 1.44. The van der Waals surface area contributed by atoms with Crippen LogP contribution in [-0.2, 0) is 0 Å². The van der Waals surface area contributed by atoms with Gasteiger partial charge in [-0.15, -0.1) is 11.3 Å². The van der Waals surface area contributed by atoms with Gasteiger partial charge in [-0.2, -0.15) is 0 Å². The highest BCUT2D eigenvalue weighted by molar-refractivity contribution is 7.18. The molecule has 1 heterocycles. The molecule has 0 atom stereocenters. The van der Waals surface area contributed by atoms with Gasteiger partial charge in [-0.1, -0.05) is 13.8 Å². The summed E-state index contributed by atoms with van der Waals surface area (Å²) in [5, 5.41) is 7.35. The fourth-order valence-corrected chi connectivity index (χ4v) is 3.27. The van der Waals surface area contributed by atoms with Gasteiger partial charge in [0, 0.05) is 19.1 Å². The van der Waals surface area contributed by atoms with Gasteiger partial charge in [-0.25, -0.2) is 0 Å². The Morgan fingerprint density at radius 1 is 1.48 bits per heavy atom. The van der Waals surface area contributed by atoms with Crippen molar-refractivity contribution >= 4 is 27.9 Å². The first-order valence-corrected chi connectivity index (χ1v) is 8.17. The van der Waals surface area contributed by atoms with Crippen molar-refractivity contribution in [2.24, 2.45) is 5.41 Å². The van der Waals surface area contributed by atoms with E-state index >= 15 is 0 Å². The maximum Gasteiger partial charge on any atom is 0.263 e. The first kappa shape index (κ1) is 16.1. The third kappa shape index (κ3) is 4.89. The van der Waals surface area contributed by atoms with E-state index in [0.29, 0.717) is 16.6 Å². The first-order valence-electron chi connectivity index (χ1n) is 7.35. The van der Waals surface area contributed by atoms with Crippen molar-refractivity contribution < 1.29 is 4.79 Å². The van der Waals surface area contributed by atoms with Crippen LogP contribution in [0.3, 0.4) is 0 Å². The number of carbonyl (C=O) groups is 1. The minimum absolute atomic E-state index is 0.0411. The number of nitrogen functional groups attached to an aromatic ring is 1. The summed E-state index contributed by atoms with van der Waals surface area (Å²) in [4.78, 5) is 14.9. The van der Waals surface area contributed by atoms with Crippen molar-refractivity contribution in [2.45, 2.75) is 32.7 Å². The molecule has 2 rings (SSSR count). The summed E-state index contributed by atoms with van der Waals surface area (Å²) in [5.74, 6) is -0.0411. The van der Waals surface area contributed by atoms with E-state index in [-0.39, 0.29) is 11.3 Å². The molecule has 1 aliphatic rings. The van der Waals surface area contributed by atoms with Crippen LogP contribution in [0.5, 0.6) is 0 Å². The number of nitrogens with two attached hydrogens (primary N) is 1. The second-order valence-corrected chi connectivity index (χ2v) is 7.95. The molecule has 1 aromatic rings. The van der Waals surface area contributed by atoms with Crippen molar-refractivity contribution in [1.29, 1.82) is 0 Å². The van der Waals surface area contributed by atoms with Crippen LogP contribution in [0.15, 0.2) is 6.07 Å². The highest BCUT2D eigenvalue weighted by Crippen LogP contribution is 2.31. The van der Waals surface area contributed by atoms with Crippen LogP contribution in [0.25, 0.3) is 0 Å². The number of anilines is 2. The molecule has 6 heteroatoms. The molecule has 5 nitrogen and oxygen atoms in total. The Bertz CT molecular complexity index is 506. The number of thiophene rings is 1. The lowest BCUT2D eigenvalue weighted by Gasteiger charge is -2.28. The molecule has 0 spiro atoms. The molecular weight excluding hydrogens is 284 g/mol. The quantitative estimate of drug-likeness (QED) is 0.722. The largest absolute Gasteiger partial charge is 0.397 e. The first-order chi connectivity index (χ1) is 9.77. The lowest BCUT2D eigenvalue weighted by atomic mass is 9.93. The molecule has 1 aromatic heterocycles. The SMILES string of the molecule is CN(C)CC(C)(C)CNc1cc(N)c(C(=O)NC2CC2)s1. The number of nitrogens with one attached hydrogen (secondary N) is 2. The van der Waals surface area contributed by atoms with E-state index in [9.17, 15) is 4.79 Å². The van der Waals surface area contributed by atoms with Crippen molar-refractivity contribution in [3.05, 3.63) is 10.9 Å². The average Bonchev–Trinajstić information content (AvgIpc) is 3.06. The van der Waals surface area contributed by atoms with Gasteiger partial charge in [0.25, 0.3) is 5.91 Å². The van der Waals surface area contributed by atoms with Gasteiger partial charge in [0.2, 0.25) is 0 Å². The maximum atomic E-state index is 12.1. The Morgan fingerprint density at radius 3 is 2.71 bits per heavy atom. The lowest BCUT2D eigenvalue weighted by molar-refractivity contribution is 0.0956. The van der Waals surface area contributed by atoms with E-state index < -0.39 is 0 Å². The van der Waals surface area contributed by atoms with Crippen LogP contribution in [0.2, 0.25) is 0 Å². The predicted octanol–water partition coefficient (Wildman–Crippen LogP) is 2.22. The minimum atomic E-state index is -0.0411. The molecule has 0 aliphatic heterocycles. The van der Waals surface area contributed by atoms with Crippen LogP contribution < -0.4 is 16.4 Å². The Balaban J connectivity index is 1.93. The Morgan fingerprint density at radius 2 is 2.14 bits per heavy atom. The van der Waals surface area contributed by atoms with Crippen LogP contribution in [0.1, 0.15) is 36.4 Å². The van der Waals surface area contributed by atoms with Crippen molar-refractivity contribution in [3.63, 3.8) is 0 Å². The van der Waals surface area contributed by atoms with Gasteiger partial charge in [0.15, 0.2) is 0 Å². The zero-order valence-electron chi connectivity index (χ0n) is 13.3. The zero-order chi connectivity index (χ0) is 15.6. The zero-order valence-corrected chi connectivity index (χ0v) is 14.1. The molecule has 1 aliphatic carbocycles. The molecule has 0 radical (unpaired) electrons. The van der Waals surface area contributed by atoms with E-state index in [1.807, 2.05) is 6.07 Å². The van der Waals surface area contributed by atoms with Gasteiger partial charge < -0.3 is 21.3 Å². The van der Waals surface area contributed by atoms with E-state index in [4.69, 9.17) is 5.73 Å². The van der Waals surface area contributed by atoms with Gasteiger partial charge in [0.05, 0.1) is 10.7 Å². The van der Waals surface area contributed by atoms with Crippen LogP contribution >= 0.6 is 11.3 Å². The Hall–Kier alpha value is -1.27. The van der Waals surface area contributed by atoms with E-state index in [1.54, 1.807) is 0 Å². The highest BCUT2D eigenvalue weighted by atomic mass is 32.1. The van der Waals surface area contributed by atoms with Crippen LogP contribution in [0, 0.1) is 5.41 Å². The summed E-state index contributed by atoms with van der Waals surface area (Å²) in [5.41, 5.74) is 6.67. The monoisotopic (exact) mass is 310 g/mol. The van der Waals surface area contributed by atoms with Crippen molar-refractivity contribution in [3.8, 4) is 0 Å². The second kappa shape index (κ2) is 6.23. The maximum absolute atomic E-state index is 12.1. The molecule has 1 amide bonds. The van der Waals surface area contributed by atoms with Gasteiger partial charge in [-0.05, 0) is 38.4 Å². The van der Waals surface area contributed by atoms with Gasteiger partial charge in [0.1, 0.15) is 4.88 Å². The summed E-state index contributed by atoms with van der Waals surface area (Å²) in [6, 6.07) is 2.22. The average molecular weight is 310 g/mol. The second-order valence-electron chi connectivity index (χ2n) is 6.90. The molecule has 0 saturated heterocycles. The number of hydrogen-bond donors (Lipinski definition) is 3. The smallest absolute Gasteiger partial charge is 0.263 e. The number of nitrogens with zero attached hydrogens (tertiary/aromatic N) is 1. The van der Waals surface area contributed by atoms with Crippen LogP contribution in [0.4, 0.5) is 10.7 Å². The molecule has 118 valence electrons. The molecule has 0 aromatic carbocycles. The molecule has 1 saturated carbocycles. The number of carbonyl (C=O) groups excluding carboxylic acids is 1. The number of hydrogen-bond acceptors (Lipinski definition) is 5. The molecule has 1 fully saturated rings. The van der Waals surface area contributed by atoms with Gasteiger partial charge in [-0.3, -0.25) is 4.79 Å². The summed E-state index contributed by atoms with van der Waals surface area (Å²) in [7, 11) is 4.15. The van der Waals surface area contributed by atoms with Crippen molar-refractivity contribution in [1.82, 2.24) is 10.2 Å². The van der Waals surface area contributed by atoms with E-state index in [1.165, 1.54) is 11.3 Å². The topological polar surface area (TPSA) is 70.4 Å². The van der Waals surface area contributed by atoms with Crippen LogP contribution in [-0.4, -0.2) is 44.0 Å². The Kier molecular flexibility index (Phi) is 4.78. The van der Waals surface area contributed by atoms with Crippen molar-refractivity contribution in [2.75, 3.05) is 38.2 Å². The normalized spacial score (nSPS) is 15.3. The number of amides is 1. The predicted molar refractivity (Wildman–Crippen MR) is 90.0 cm³/mol. The summed E-state index contributed by atoms with van der Waals surface area (Å²) in [6.45, 7) is 6.28. The fourth-order valence-electron chi connectivity index (χ4n) is 2.39. The summed E-state index contributed by atoms with van der Waals surface area (Å²) < 4.78 is 0. The molecule has 0 unspecified atom stereocenters. The third-order valence-electron chi connectivity index (χ3n) is 3.37. The molecule has 4 N–H and O–H groups in total.